The standard InChI is InChI=1S/C10H15N3O/c1-12-10(14)13(2)9-5-3-8(7-11)4-6-9/h3-6H,7,11H2,1-2H3,(H,12,14). The summed E-state index contributed by atoms with van der Waals surface area (Å²) < 4.78 is 0. The molecule has 0 atom stereocenters. The van der Waals surface area contributed by atoms with Crippen LogP contribution in [0.15, 0.2) is 24.3 Å². The Morgan fingerprint density at radius 2 is 2.00 bits per heavy atom. The summed E-state index contributed by atoms with van der Waals surface area (Å²) in [5, 5.41) is 2.55. The number of carbonyl (C=O) groups excluding carboxylic acids is 1. The van der Waals surface area contributed by atoms with E-state index in [1.54, 1.807) is 19.0 Å². The summed E-state index contributed by atoms with van der Waals surface area (Å²) in [6.45, 7) is 0.518. The predicted octanol–water partition coefficient (Wildman–Crippen LogP) is 0.921. The van der Waals surface area contributed by atoms with Crippen molar-refractivity contribution in [2.75, 3.05) is 19.0 Å². The Morgan fingerprint density at radius 1 is 1.43 bits per heavy atom. The first-order chi connectivity index (χ1) is 6.69. The maximum absolute atomic E-state index is 11.3. The van der Waals surface area contributed by atoms with Crippen molar-refractivity contribution in [2.24, 2.45) is 5.73 Å². The van der Waals surface area contributed by atoms with Gasteiger partial charge < -0.3 is 11.1 Å². The fraction of sp³-hybridized carbons (Fsp3) is 0.300. The van der Waals surface area contributed by atoms with Crippen molar-refractivity contribution in [3.05, 3.63) is 29.8 Å². The zero-order valence-corrected chi connectivity index (χ0v) is 8.45. The van der Waals surface area contributed by atoms with Crippen LogP contribution in [-0.4, -0.2) is 20.1 Å². The number of nitrogens with zero attached hydrogens (tertiary/aromatic N) is 1. The highest BCUT2D eigenvalue weighted by Gasteiger charge is 2.07. The van der Waals surface area contributed by atoms with Crippen LogP contribution in [0.5, 0.6) is 0 Å². The molecule has 14 heavy (non-hydrogen) atoms. The number of nitrogens with one attached hydrogen (secondary N) is 1. The Hall–Kier alpha value is -1.55. The number of urea groups is 1. The fourth-order valence-corrected chi connectivity index (χ4v) is 1.14. The van der Waals surface area contributed by atoms with E-state index in [0.717, 1.165) is 11.3 Å². The van der Waals surface area contributed by atoms with Crippen LogP contribution < -0.4 is 16.0 Å². The third kappa shape index (κ3) is 2.23. The predicted molar refractivity (Wildman–Crippen MR) is 57.2 cm³/mol. The highest BCUT2D eigenvalue weighted by molar-refractivity contribution is 5.91. The molecule has 76 valence electrons. The molecule has 4 heteroatoms. The van der Waals surface area contributed by atoms with Crippen molar-refractivity contribution in [3.8, 4) is 0 Å². The molecule has 0 aliphatic heterocycles. The number of hydrogen-bond acceptors (Lipinski definition) is 2. The lowest BCUT2D eigenvalue weighted by Gasteiger charge is -2.16. The van der Waals surface area contributed by atoms with E-state index in [0.29, 0.717) is 6.54 Å². The molecular formula is C10H15N3O. The number of nitrogens with two attached hydrogens (primary N) is 1. The molecule has 0 aliphatic carbocycles. The molecule has 0 fully saturated rings. The van der Waals surface area contributed by atoms with Gasteiger partial charge in [-0.1, -0.05) is 12.1 Å². The van der Waals surface area contributed by atoms with Gasteiger partial charge in [-0.05, 0) is 17.7 Å². The normalized spacial score (nSPS) is 9.64. The molecule has 0 saturated heterocycles. The fourth-order valence-electron chi connectivity index (χ4n) is 1.14. The topological polar surface area (TPSA) is 58.4 Å². The van der Waals surface area contributed by atoms with E-state index in [4.69, 9.17) is 5.73 Å². The Labute approximate surface area is 83.7 Å². The minimum absolute atomic E-state index is 0.134. The summed E-state index contributed by atoms with van der Waals surface area (Å²) in [6.07, 6.45) is 0. The van der Waals surface area contributed by atoms with Crippen LogP contribution in [0.25, 0.3) is 0 Å². The Bertz CT molecular complexity index is 308. The zero-order chi connectivity index (χ0) is 10.6. The van der Waals surface area contributed by atoms with Crippen LogP contribution in [-0.2, 0) is 6.54 Å². The van der Waals surface area contributed by atoms with E-state index in [9.17, 15) is 4.79 Å². The van der Waals surface area contributed by atoms with Crippen molar-refractivity contribution < 1.29 is 4.79 Å². The van der Waals surface area contributed by atoms with Crippen LogP contribution in [0.3, 0.4) is 0 Å². The van der Waals surface area contributed by atoms with Gasteiger partial charge in [-0.15, -0.1) is 0 Å². The van der Waals surface area contributed by atoms with Crippen molar-refractivity contribution >= 4 is 11.7 Å². The van der Waals surface area contributed by atoms with Gasteiger partial charge in [0.2, 0.25) is 0 Å². The number of anilines is 1. The summed E-state index contributed by atoms with van der Waals surface area (Å²) in [4.78, 5) is 12.8. The van der Waals surface area contributed by atoms with Crippen LogP contribution >= 0.6 is 0 Å². The first-order valence-electron chi connectivity index (χ1n) is 4.43. The zero-order valence-electron chi connectivity index (χ0n) is 8.45. The number of rotatable bonds is 2. The molecule has 2 amide bonds. The van der Waals surface area contributed by atoms with Crippen molar-refractivity contribution in [3.63, 3.8) is 0 Å². The second-order valence-corrected chi connectivity index (χ2v) is 2.98. The summed E-state index contributed by atoms with van der Waals surface area (Å²) >= 11 is 0. The van der Waals surface area contributed by atoms with E-state index in [2.05, 4.69) is 5.32 Å². The SMILES string of the molecule is CNC(=O)N(C)c1ccc(CN)cc1. The van der Waals surface area contributed by atoms with Crippen LogP contribution in [0, 0.1) is 0 Å². The van der Waals surface area contributed by atoms with Crippen LogP contribution in [0.4, 0.5) is 10.5 Å². The van der Waals surface area contributed by atoms with Gasteiger partial charge in [0.25, 0.3) is 0 Å². The second kappa shape index (κ2) is 4.62. The van der Waals surface area contributed by atoms with E-state index in [1.165, 1.54) is 0 Å². The van der Waals surface area contributed by atoms with Crippen LogP contribution in [0.2, 0.25) is 0 Å². The smallest absolute Gasteiger partial charge is 0.321 e. The van der Waals surface area contributed by atoms with Gasteiger partial charge in [0.1, 0.15) is 0 Å². The lowest BCUT2D eigenvalue weighted by molar-refractivity contribution is 0.249. The quantitative estimate of drug-likeness (QED) is 0.733. The molecule has 1 aromatic rings. The number of carbonyl (C=O) groups is 1. The molecule has 0 bridgehead atoms. The third-order valence-corrected chi connectivity index (χ3v) is 2.08. The van der Waals surface area contributed by atoms with E-state index < -0.39 is 0 Å². The second-order valence-electron chi connectivity index (χ2n) is 2.98. The molecule has 0 saturated carbocycles. The van der Waals surface area contributed by atoms with E-state index in [-0.39, 0.29) is 6.03 Å². The molecule has 1 rings (SSSR count). The van der Waals surface area contributed by atoms with Crippen LogP contribution in [0.1, 0.15) is 5.56 Å². The Morgan fingerprint density at radius 3 is 2.43 bits per heavy atom. The summed E-state index contributed by atoms with van der Waals surface area (Å²) in [7, 11) is 3.32. The summed E-state index contributed by atoms with van der Waals surface area (Å²) in [5.41, 5.74) is 7.37. The average Bonchev–Trinajstić information content (AvgIpc) is 2.27. The van der Waals surface area contributed by atoms with Crippen molar-refractivity contribution in [2.45, 2.75) is 6.54 Å². The lowest BCUT2D eigenvalue weighted by atomic mass is 10.2. The minimum Gasteiger partial charge on any atom is -0.341 e. The van der Waals surface area contributed by atoms with Gasteiger partial charge >= 0.3 is 6.03 Å². The Balaban J connectivity index is 2.81. The van der Waals surface area contributed by atoms with Gasteiger partial charge in [-0.3, -0.25) is 4.90 Å². The highest BCUT2D eigenvalue weighted by atomic mass is 16.2. The molecule has 0 radical (unpaired) electrons. The van der Waals surface area contributed by atoms with E-state index >= 15 is 0 Å². The molecule has 4 nitrogen and oxygen atoms in total. The van der Waals surface area contributed by atoms with Gasteiger partial charge in [-0.2, -0.15) is 0 Å². The maximum atomic E-state index is 11.3. The number of benzene rings is 1. The highest BCUT2D eigenvalue weighted by Crippen LogP contribution is 2.13. The first kappa shape index (κ1) is 10.5. The van der Waals surface area contributed by atoms with Gasteiger partial charge in [0.05, 0.1) is 0 Å². The molecule has 0 heterocycles. The van der Waals surface area contributed by atoms with E-state index in [1.807, 2.05) is 24.3 Å². The molecule has 0 unspecified atom stereocenters. The van der Waals surface area contributed by atoms with Crippen molar-refractivity contribution in [1.82, 2.24) is 5.32 Å². The number of hydrogen-bond donors (Lipinski definition) is 2. The van der Waals surface area contributed by atoms with Gasteiger partial charge in [0.15, 0.2) is 0 Å². The monoisotopic (exact) mass is 193 g/mol. The van der Waals surface area contributed by atoms with Crippen molar-refractivity contribution in [1.29, 1.82) is 0 Å². The summed E-state index contributed by atoms with van der Waals surface area (Å²) in [6, 6.07) is 7.43. The summed E-state index contributed by atoms with van der Waals surface area (Å²) in [5.74, 6) is 0. The molecule has 3 N–H and O–H groups in total. The average molecular weight is 193 g/mol. The maximum Gasteiger partial charge on any atom is 0.321 e. The first-order valence-corrected chi connectivity index (χ1v) is 4.43. The molecule has 0 aliphatic rings. The molecular weight excluding hydrogens is 178 g/mol. The van der Waals surface area contributed by atoms with Gasteiger partial charge in [-0.25, -0.2) is 4.79 Å². The largest absolute Gasteiger partial charge is 0.341 e. The lowest BCUT2D eigenvalue weighted by Crippen LogP contribution is -2.34. The van der Waals surface area contributed by atoms with Gasteiger partial charge in [0, 0.05) is 26.3 Å². The molecule has 0 spiro atoms. The number of amides is 2. The third-order valence-electron chi connectivity index (χ3n) is 2.08. The Kier molecular flexibility index (Phi) is 3.48. The molecule has 1 aromatic carbocycles. The molecule has 0 aromatic heterocycles. The minimum atomic E-state index is -0.134.